The maximum absolute atomic E-state index is 13.8. The van der Waals surface area contributed by atoms with E-state index in [9.17, 15) is 19.2 Å². The summed E-state index contributed by atoms with van der Waals surface area (Å²) in [6.07, 6.45) is 5.36. The van der Waals surface area contributed by atoms with E-state index in [-0.39, 0.29) is 60.8 Å². The Morgan fingerprint density at radius 3 is 1.59 bits per heavy atom. The fraction of sp³-hybridized carbons (Fsp3) is 0.262. The number of anilines is 2. The molecule has 6 heterocycles. The minimum absolute atomic E-state index is 0.00421. The third-order valence-corrected chi connectivity index (χ3v) is 10.2. The highest BCUT2D eigenvalue weighted by Gasteiger charge is 2.26. The fourth-order valence-electron chi connectivity index (χ4n) is 7.36. The molecule has 1 aliphatic rings. The molecule has 61 heavy (non-hydrogen) atoms. The number of allylic oxidation sites excluding steroid dienone is 2. The zero-order chi connectivity index (χ0) is 42.9. The van der Waals surface area contributed by atoms with Crippen molar-refractivity contribution in [2.45, 2.75) is 59.8 Å². The second-order valence-corrected chi connectivity index (χ2v) is 14.4. The molecule has 1 aliphatic heterocycles. The molecule has 0 radical (unpaired) electrons. The summed E-state index contributed by atoms with van der Waals surface area (Å²) < 4.78 is 19.9. The highest BCUT2D eigenvalue weighted by molar-refractivity contribution is 6.05. The van der Waals surface area contributed by atoms with Crippen molar-refractivity contribution in [3.05, 3.63) is 113 Å². The highest BCUT2D eigenvalue weighted by Crippen LogP contribution is 2.35. The molecule has 0 saturated carbocycles. The Bertz CT molecular complexity index is 2710. The van der Waals surface area contributed by atoms with E-state index in [0.717, 1.165) is 0 Å². The molecule has 0 atom stereocenters. The smallest absolute Gasteiger partial charge is 0.276 e. The summed E-state index contributed by atoms with van der Waals surface area (Å²) in [5, 5.41) is 14.7. The van der Waals surface area contributed by atoms with E-state index < -0.39 is 29.5 Å². The Labute approximate surface area is 348 Å². The predicted molar refractivity (Wildman–Crippen MR) is 225 cm³/mol. The molecule has 8 rings (SSSR count). The van der Waals surface area contributed by atoms with Crippen molar-refractivity contribution >= 4 is 57.6 Å². The van der Waals surface area contributed by atoms with Gasteiger partial charge in [-0.1, -0.05) is 18.2 Å². The van der Waals surface area contributed by atoms with Crippen LogP contribution in [-0.4, -0.2) is 80.5 Å². The van der Waals surface area contributed by atoms with Gasteiger partial charge in [-0.15, -0.1) is 0 Å². The third kappa shape index (κ3) is 7.87. The number of carbonyl (C=O) groups excluding carboxylic acids is 4. The quantitative estimate of drug-likeness (QED) is 0.149. The van der Waals surface area contributed by atoms with E-state index in [1.54, 1.807) is 81.0 Å². The number of ether oxygens (including phenoxy) is 2. The number of primary amides is 2. The second-order valence-electron chi connectivity index (χ2n) is 14.4. The summed E-state index contributed by atoms with van der Waals surface area (Å²) in [5.74, 6) is -1.89. The lowest BCUT2D eigenvalue weighted by Gasteiger charge is -2.20. The number of nitrogens with zero attached hydrogens (tertiary/aromatic N) is 9. The number of benzene rings is 2. The number of aryl methyl sites for hydroxylation is 4. The Morgan fingerprint density at radius 2 is 1.18 bits per heavy atom. The van der Waals surface area contributed by atoms with E-state index in [1.807, 2.05) is 38.1 Å². The molecule has 19 heteroatoms. The van der Waals surface area contributed by atoms with E-state index in [4.69, 9.17) is 30.9 Å². The molecule has 0 fully saturated rings. The molecular formula is C42H43N13O6. The fourth-order valence-corrected chi connectivity index (χ4v) is 7.36. The topological polar surface area (TPSA) is 247 Å². The summed E-state index contributed by atoms with van der Waals surface area (Å²) >= 11 is 0. The van der Waals surface area contributed by atoms with Crippen molar-refractivity contribution in [1.29, 1.82) is 0 Å². The van der Waals surface area contributed by atoms with E-state index >= 15 is 0 Å². The van der Waals surface area contributed by atoms with Crippen LogP contribution in [0.4, 0.5) is 11.9 Å². The third-order valence-electron chi connectivity index (χ3n) is 10.2. The molecule has 5 aromatic heterocycles. The predicted octanol–water partition coefficient (Wildman–Crippen LogP) is 4.34. The van der Waals surface area contributed by atoms with Gasteiger partial charge in [0.05, 0.1) is 47.2 Å². The standard InChI is InChI=1S/C42H43N13O6/c1-5-54-31(15-23(3)50-54)39(58)48-41-46-29-17-25(37(43)56)19-33-35(29)52(41)13-9-10-14-53-36-30(47-42(53)49-40(59)32-16-24(4)51-55(32)6-2)18-26(38(44)57)20-34(36)61-22-27(21-60-33)28-11-7-8-12-45-28/h7-12,15-20,27H,5-6,13-14,21-22H2,1-4H3,(H2,43,56)(H2,44,57)(H,46,48,58)(H,47,49,59)/b10-9+. The van der Waals surface area contributed by atoms with Crippen LogP contribution >= 0.6 is 0 Å². The normalized spacial score (nSPS) is 13.8. The Kier molecular flexibility index (Phi) is 10.8. The number of nitrogens with one attached hydrogen (secondary N) is 2. The molecule has 0 spiro atoms. The van der Waals surface area contributed by atoms with Crippen LogP contribution in [0.2, 0.25) is 0 Å². The molecule has 2 aromatic carbocycles. The van der Waals surface area contributed by atoms with Gasteiger partial charge >= 0.3 is 0 Å². The van der Waals surface area contributed by atoms with Gasteiger partial charge in [0.25, 0.3) is 11.8 Å². The molecule has 0 bridgehead atoms. The number of pyridine rings is 1. The summed E-state index contributed by atoms with van der Waals surface area (Å²) in [5.41, 5.74) is 16.2. The van der Waals surface area contributed by atoms with Gasteiger partial charge in [-0.25, -0.2) is 9.97 Å². The molecule has 312 valence electrons. The van der Waals surface area contributed by atoms with E-state index in [0.29, 0.717) is 63.6 Å². The average molecular weight is 826 g/mol. The molecule has 19 nitrogen and oxygen atoms in total. The van der Waals surface area contributed by atoms with Gasteiger partial charge in [-0.2, -0.15) is 10.2 Å². The molecule has 0 aliphatic carbocycles. The molecule has 0 saturated heterocycles. The summed E-state index contributed by atoms with van der Waals surface area (Å²) in [6.45, 7) is 8.63. The number of nitrogens with two attached hydrogens (primary N) is 2. The van der Waals surface area contributed by atoms with Crippen LogP contribution in [0.3, 0.4) is 0 Å². The first-order valence-corrected chi connectivity index (χ1v) is 19.6. The van der Waals surface area contributed by atoms with Crippen LogP contribution in [0, 0.1) is 13.8 Å². The van der Waals surface area contributed by atoms with Crippen molar-refractivity contribution in [2.75, 3.05) is 23.8 Å². The maximum atomic E-state index is 13.8. The van der Waals surface area contributed by atoms with Gasteiger partial charge in [-0.3, -0.25) is 44.2 Å². The van der Waals surface area contributed by atoms with Crippen LogP contribution in [0.5, 0.6) is 11.5 Å². The van der Waals surface area contributed by atoms with E-state index in [2.05, 4.69) is 25.8 Å². The number of amides is 4. The number of imidazole rings is 2. The number of hydrogen-bond acceptors (Lipinski definition) is 11. The minimum atomic E-state index is -0.698. The lowest BCUT2D eigenvalue weighted by molar-refractivity contribution is 0.0991. The Hall–Kier alpha value is -7.83. The van der Waals surface area contributed by atoms with Crippen LogP contribution in [0.15, 0.2) is 72.9 Å². The first kappa shape index (κ1) is 40.0. The lowest BCUT2D eigenvalue weighted by Crippen LogP contribution is -2.21. The molecule has 4 amide bonds. The van der Waals surface area contributed by atoms with Crippen molar-refractivity contribution in [1.82, 2.24) is 43.6 Å². The zero-order valence-corrected chi connectivity index (χ0v) is 33.9. The zero-order valence-electron chi connectivity index (χ0n) is 33.9. The molecular weight excluding hydrogens is 783 g/mol. The number of rotatable bonds is 9. The van der Waals surface area contributed by atoms with Gasteiger partial charge < -0.3 is 30.1 Å². The number of hydrogen-bond donors (Lipinski definition) is 4. The van der Waals surface area contributed by atoms with Crippen LogP contribution in [-0.2, 0) is 26.2 Å². The SMILES string of the molecule is CCn1nc(C)cc1C(=O)Nc1nc2cc(C(N)=O)cc3c2n1C/C=C/Cn1c(NC(=O)c2cc(C)nn2CC)nc2cc(C(N)=O)cc(c21)OCC(c1ccccn1)CO3. The number of carbonyl (C=O) groups is 4. The van der Waals surface area contributed by atoms with Gasteiger partial charge in [0.1, 0.15) is 33.9 Å². The van der Waals surface area contributed by atoms with Crippen LogP contribution in [0.25, 0.3) is 22.1 Å². The van der Waals surface area contributed by atoms with Gasteiger partial charge in [-0.05, 0) is 76.2 Å². The molecule has 6 N–H and O–H groups in total. The van der Waals surface area contributed by atoms with Gasteiger partial charge in [0.2, 0.25) is 23.7 Å². The van der Waals surface area contributed by atoms with Crippen molar-refractivity contribution < 1.29 is 28.7 Å². The maximum Gasteiger partial charge on any atom is 0.276 e. The Balaban J connectivity index is 1.28. The van der Waals surface area contributed by atoms with Crippen molar-refractivity contribution in [3.63, 3.8) is 0 Å². The van der Waals surface area contributed by atoms with Gasteiger partial charge in [0.15, 0.2) is 0 Å². The first-order chi connectivity index (χ1) is 29.4. The van der Waals surface area contributed by atoms with Crippen molar-refractivity contribution in [2.24, 2.45) is 11.5 Å². The summed E-state index contributed by atoms with van der Waals surface area (Å²) in [6, 6.07) is 15.0. The lowest BCUT2D eigenvalue weighted by atomic mass is 10.1. The second kappa shape index (κ2) is 16.4. The largest absolute Gasteiger partial charge is 0.490 e. The van der Waals surface area contributed by atoms with Crippen molar-refractivity contribution in [3.8, 4) is 11.5 Å². The first-order valence-electron chi connectivity index (χ1n) is 19.6. The monoisotopic (exact) mass is 825 g/mol. The van der Waals surface area contributed by atoms with Gasteiger partial charge in [0, 0.05) is 43.5 Å². The molecule has 0 unspecified atom stereocenters. The van der Waals surface area contributed by atoms with Crippen LogP contribution in [0.1, 0.15) is 78.5 Å². The summed E-state index contributed by atoms with van der Waals surface area (Å²) in [4.78, 5) is 67.1. The minimum Gasteiger partial charge on any atom is -0.490 e. The molecule has 7 aromatic rings. The van der Waals surface area contributed by atoms with E-state index in [1.165, 1.54) is 0 Å². The Morgan fingerprint density at radius 1 is 0.705 bits per heavy atom. The van der Waals surface area contributed by atoms with Crippen LogP contribution < -0.4 is 31.6 Å². The number of aromatic nitrogens is 9. The highest BCUT2D eigenvalue weighted by atomic mass is 16.5. The summed E-state index contributed by atoms with van der Waals surface area (Å²) in [7, 11) is 0. The average Bonchev–Trinajstić information content (AvgIpc) is 4.01.